The van der Waals surface area contributed by atoms with Gasteiger partial charge < -0.3 is 15.5 Å². The van der Waals surface area contributed by atoms with Crippen LogP contribution in [0.15, 0.2) is 24.3 Å². The van der Waals surface area contributed by atoms with Gasteiger partial charge in [0, 0.05) is 24.3 Å². The maximum Gasteiger partial charge on any atom is 0.253 e. The highest BCUT2D eigenvalue weighted by Crippen LogP contribution is 2.17. The van der Waals surface area contributed by atoms with E-state index in [0.29, 0.717) is 17.3 Å². The molecule has 1 fully saturated rings. The Bertz CT molecular complexity index is 425. The molecule has 0 bridgehead atoms. The van der Waals surface area contributed by atoms with Gasteiger partial charge in [0.1, 0.15) is 0 Å². The number of hydrogen-bond acceptors (Lipinski definition) is 3. The van der Waals surface area contributed by atoms with Gasteiger partial charge in [-0.3, -0.25) is 4.79 Å². The number of amides is 1. The molecular weight excluding hydrogens is 226 g/mol. The fourth-order valence-corrected chi connectivity index (χ4v) is 2.42. The van der Waals surface area contributed by atoms with Gasteiger partial charge in [-0.15, -0.1) is 0 Å². The summed E-state index contributed by atoms with van der Waals surface area (Å²) in [5.74, 6) is 0.0665. The molecule has 1 aliphatic rings. The van der Waals surface area contributed by atoms with Gasteiger partial charge in [0.25, 0.3) is 5.91 Å². The third-order valence-electron chi connectivity index (χ3n) is 3.69. The molecule has 98 valence electrons. The Hall–Kier alpha value is -1.55. The van der Waals surface area contributed by atoms with E-state index < -0.39 is 0 Å². The summed E-state index contributed by atoms with van der Waals surface area (Å²) in [7, 11) is 4.01. The molecular formula is C14H21N3O. The monoisotopic (exact) mass is 247 g/mol. The number of nitrogen functional groups attached to an aromatic ring is 1. The van der Waals surface area contributed by atoms with Crippen molar-refractivity contribution in [3.8, 4) is 0 Å². The van der Waals surface area contributed by atoms with Crippen LogP contribution in [0.5, 0.6) is 0 Å². The Morgan fingerprint density at radius 1 is 1.39 bits per heavy atom. The fraction of sp³-hybridized carbons (Fsp3) is 0.500. The van der Waals surface area contributed by atoms with Gasteiger partial charge in [-0.05, 0) is 51.2 Å². The first-order valence-corrected chi connectivity index (χ1v) is 6.39. The van der Waals surface area contributed by atoms with E-state index in [-0.39, 0.29) is 5.91 Å². The van der Waals surface area contributed by atoms with Crippen LogP contribution in [0.25, 0.3) is 0 Å². The summed E-state index contributed by atoms with van der Waals surface area (Å²) in [6, 6.07) is 7.53. The van der Waals surface area contributed by atoms with Crippen LogP contribution >= 0.6 is 0 Å². The Morgan fingerprint density at radius 3 is 2.67 bits per heavy atom. The van der Waals surface area contributed by atoms with E-state index in [2.05, 4.69) is 11.9 Å². The minimum absolute atomic E-state index is 0.0665. The normalized spacial score (nSPS) is 17.7. The van der Waals surface area contributed by atoms with Crippen molar-refractivity contribution in [3.63, 3.8) is 0 Å². The van der Waals surface area contributed by atoms with Crippen molar-refractivity contribution < 1.29 is 4.79 Å². The third-order valence-corrected chi connectivity index (χ3v) is 3.69. The summed E-state index contributed by atoms with van der Waals surface area (Å²) >= 11 is 0. The molecule has 1 amide bonds. The van der Waals surface area contributed by atoms with Gasteiger partial charge in [-0.2, -0.15) is 0 Å². The average molecular weight is 247 g/mol. The van der Waals surface area contributed by atoms with Crippen molar-refractivity contribution in [2.75, 3.05) is 32.9 Å². The van der Waals surface area contributed by atoms with Crippen LogP contribution in [0.4, 0.5) is 5.69 Å². The van der Waals surface area contributed by atoms with Crippen LogP contribution in [0.2, 0.25) is 0 Å². The van der Waals surface area contributed by atoms with Gasteiger partial charge in [0.2, 0.25) is 0 Å². The number of carbonyl (C=O) groups is 1. The third kappa shape index (κ3) is 2.82. The Labute approximate surface area is 108 Å². The molecule has 0 saturated carbocycles. The van der Waals surface area contributed by atoms with Crippen LogP contribution in [0.1, 0.15) is 23.2 Å². The van der Waals surface area contributed by atoms with E-state index in [9.17, 15) is 4.79 Å². The van der Waals surface area contributed by atoms with Gasteiger partial charge in [-0.25, -0.2) is 0 Å². The van der Waals surface area contributed by atoms with E-state index in [1.165, 1.54) is 0 Å². The minimum Gasteiger partial charge on any atom is -0.399 e. The summed E-state index contributed by atoms with van der Waals surface area (Å²) in [6.07, 6.45) is 2.09. The Balaban J connectivity index is 2.04. The lowest BCUT2D eigenvalue weighted by Gasteiger charge is -2.35. The van der Waals surface area contributed by atoms with Crippen LogP contribution in [0.3, 0.4) is 0 Å². The molecule has 0 atom stereocenters. The molecule has 18 heavy (non-hydrogen) atoms. The quantitative estimate of drug-likeness (QED) is 0.804. The number of likely N-dealkylation sites (tertiary alicyclic amines) is 1. The first-order chi connectivity index (χ1) is 8.58. The van der Waals surface area contributed by atoms with Crippen LogP contribution in [-0.2, 0) is 0 Å². The van der Waals surface area contributed by atoms with Crippen molar-refractivity contribution >= 4 is 11.6 Å². The number of anilines is 1. The highest BCUT2D eigenvalue weighted by Gasteiger charge is 2.24. The van der Waals surface area contributed by atoms with Crippen molar-refractivity contribution in [2.24, 2.45) is 0 Å². The number of hydrogen-bond donors (Lipinski definition) is 1. The van der Waals surface area contributed by atoms with E-state index in [1.807, 2.05) is 24.1 Å². The van der Waals surface area contributed by atoms with E-state index >= 15 is 0 Å². The molecule has 1 aromatic rings. The first kappa shape index (κ1) is 12.9. The molecule has 0 aromatic heterocycles. The standard InChI is InChI=1S/C14H21N3O/c1-16-8-6-13(7-9-16)17(2)14(18)11-4-3-5-12(15)10-11/h3-5,10,13H,6-9,15H2,1-2H3. The molecule has 0 aliphatic carbocycles. The lowest BCUT2D eigenvalue weighted by molar-refractivity contribution is 0.0659. The van der Waals surface area contributed by atoms with E-state index in [4.69, 9.17) is 5.73 Å². The molecule has 2 N–H and O–H groups in total. The largest absolute Gasteiger partial charge is 0.399 e. The molecule has 1 heterocycles. The predicted molar refractivity (Wildman–Crippen MR) is 73.5 cm³/mol. The maximum atomic E-state index is 12.3. The van der Waals surface area contributed by atoms with Crippen molar-refractivity contribution in [2.45, 2.75) is 18.9 Å². The zero-order valence-corrected chi connectivity index (χ0v) is 11.1. The van der Waals surface area contributed by atoms with Crippen LogP contribution in [-0.4, -0.2) is 48.9 Å². The second-order valence-corrected chi connectivity index (χ2v) is 5.08. The number of nitrogens with two attached hydrogens (primary N) is 1. The number of benzene rings is 1. The van der Waals surface area contributed by atoms with Crippen molar-refractivity contribution in [1.82, 2.24) is 9.80 Å². The summed E-state index contributed by atoms with van der Waals surface area (Å²) in [4.78, 5) is 16.5. The van der Waals surface area contributed by atoms with Crippen molar-refractivity contribution in [1.29, 1.82) is 0 Å². The molecule has 1 aromatic carbocycles. The van der Waals surface area contributed by atoms with Gasteiger partial charge in [0.15, 0.2) is 0 Å². The minimum atomic E-state index is 0.0665. The molecule has 1 aliphatic heterocycles. The maximum absolute atomic E-state index is 12.3. The molecule has 0 spiro atoms. The average Bonchev–Trinajstić information content (AvgIpc) is 2.38. The summed E-state index contributed by atoms with van der Waals surface area (Å²) in [6.45, 7) is 2.11. The summed E-state index contributed by atoms with van der Waals surface area (Å²) in [5, 5.41) is 0. The lowest BCUT2D eigenvalue weighted by atomic mass is 10.0. The predicted octanol–water partition coefficient (Wildman–Crippen LogP) is 1.43. The SMILES string of the molecule is CN1CCC(N(C)C(=O)c2cccc(N)c2)CC1. The van der Waals surface area contributed by atoms with Gasteiger partial charge in [0.05, 0.1) is 0 Å². The Morgan fingerprint density at radius 2 is 2.06 bits per heavy atom. The highest BCUT2D eigenvalue weighted by molar-refractivity contribution is 5.95. The second kappa shape index (κ2) is 5.40. The van der Waals surface area contributed by atoms with Crippen molar-refractivity contribution in [3.05, 3.63) is 29.8 Å². The second-order valence-electron chi connectivity index (χ2n) is 5.08. The molecule has 1 saturated heterocycles. The number of nitrogens with zero attached hydrogens (tertiary/aromatic N) is 2. The van der Waals surface area contributed by atoms with Gasteiger partial charge in [-0.1, -0.05) is 6.07 Å². The number of rotatable bonds is 2. The number of piperidine rings is 1. The molecule has 4 nitrogen and oxygen atoms in total. The Kier molecular flexibility index (Phi) is 3.87. The number of carbonyl (C=O) groups excluding carboxylic acids is 1. The van der Waals surface area contributed by atoms with Crippen LogP contribution in [0, 0.1) is 0 Å². The lowest BCUT2D eigenvalue weighted by Crippen LogP contribution is -2.44. The van der Waals surface area contributed by atoms with Gasteiger partial charge >= 0.3 is 0 Å². The molecule has 4 heteroatoms. The summed E-state index contributed by atoms with van der Waals surface area (Å²) in [5.41, 5.74) is 7.03. The topological polar surface area (TPSA) is 49.6 Å². The highest BCUT2D eigenvalue weighted by atomic mass is 16.2. The molecule has 0 unspecified atom stereocenters. The zero-order valence-electron chi connectivity index (χ0n) is 11.1. The molecule has 2 rings (SSSR count). The fourth-order valence-electron chi connectivity index (χ4n) is 2.42. The molecule has 0 radical (unpaired) electrons. The summed E-state index contributed by atoms with van der Waals surface area (Å²) < 4.78 is 0. The smallest absolute Gasteiger partial charge is 0.253 e. The van der Waals surface area contributed by atoms with E-state index in [1.54, 1.807) is 12.1 Å². The zero-order chi connectivity index (χ0) is 13.1. The van der Waals surface area contributed by atoms with Crippen LogP contribution < -0.4 is 5.73 Å². The van der Waals surface area contributed by atoms with E-state index in [0.717, 1.165) is 25.9 Å². The first-order valence-electron chi connectivity index (χ1n) is 6.39.